The zero-order valence-electron chi connectivity index (χ0n) is 20.3. The predicted molar refractivity (Wildman–Crippen MR) is 127 cm³/mol. The average molecular weight is 474 g/mol. The Morgan fingerprint density at radius 2 is 1.94 bits per heavy atom. The van der Waals surface area contributed by atoms with Gasteiger partial charge in [-0.1, -0.05) is 34.1 Å². The number of alkyl halides is 2. The van der Waals surface area contributed by atoms with Gasteiger partial charge < -0.3 is 9.64 Å². The molecule has 34 heavy (non-hydrogen) atoms. The third-order valence-electron chi connectivity index (χ3n) is 6.44. The third-order valence-corrected chi connectivity index (χ3v) is 6.44. The van der Waals surface area contributed by atoms with E-state index in [1.54, 1.807) is 0 Å². The molecule has 0 bridgehead atoms. The van der Waals surface area contributed by atoms with Gasteiger partial charge in [0.25, 0.3) is 5.92 Å². The van der Waals surface area contributed by atoms with Crippen molar-refractivity contribution in [2.24, 2.45) is 11.8 Å². The van der Waals surface area contributed by atoms with Crippen LogP contribution in [0.1, 0.15) is 77.0 Å². The maximum absolute atomic E-state index is 15.3. The second-order valence-electron chi connectivity index (χ2n) is 9.49. The molecule has 184 valence electrons. The number of rotatable bonds is 10. The minimum atomic E-state index is -3.04. The van der Waals surface area contributed by atoms with Gasteiger partial charge in [0.05, 0.1) is 11.3 Å². The lowest BCUT2D eigenvalue weighted by atomic mass is 9.95. The van der Waals surface area contributed by atoms with Crippen LogP contribution in [-0.2, 0) is 10.7 Å². The van der Waals surface area contributed by atoms with Gasteiger partial charge in [0.15, 0.2) is 0 Å². The Morgan fingerprint density at radius 1 is 1.18 bits per heavy atom. The van der Waals surface area contributed by atoms with Crippen molar-refractivity contribution in [3.05, 3.63) is 29.6 Å². The Labute approximate surface area is 199 Å². The average Bonchev–Trinajstić information content (AvgIpc) is 3.65. The van der Waals surface area contributed by atoms with Crippen molar-refractivity contribution in [2.75, 3.05) is 23.3 Å². The Kier molecular flexibility index (Phi) is 7.00. The lowest BCUT2D eigenvalue weighted by Crippen LogP contribution is -2.29. The number of fused-ring (bicyclic) bond motifs is 1. The Hall–Kier alpha value is -2.84. The number of hydrogen-bond acceptors (Lipinski definition) is 6. The molecule has 1 fully saturated rings. The fourth-order valence-electron chi connectivity index (χ4n) is 4.28. The van der Waals surface area contributed by atoms with Crippen LogP contribution in [-0.4, -0.2) is 34.1 Å². The van der Waals surface area contributed by atoms with Crippen LogP contribution >= 0.6 is 0 Å². The number of anilines is 2. The van der Waals surface area contributed by atoms with Crippen LogP contribution in [0.15, 0.2) is 18.5 Å². The van der Waals surface area contributed by atoms with Crippen LogP contribution in [0.3, 0.4) is 0 Å². The number of hydrogen-bond donors (Lipinski definition) is 1. The minimum Gasteiger partial charge on any atom is -0.441 e. The summed E-state index contributed by atoms with van der Waals surface area (Å²) in [7, 11) is 0. The summed E-state index contributed by atoms with van der Waals surface area (Å²) in [6.07, 6.45) is 4.93. The van der Waals surface area contributed by atoms with E-state index in [2.05, 4.69) is 34.0 Å². The number of amides is 1. The summed E-state index contributed by atoms with van der Waals surface area (Å²) < 4.78 is 36.2. The number of halogens is 2. The van der Waals surface area contributed by atoms with Gasteiger partial charge in [-0.25, -0.2) is 28.5 Å². The minimum absolute atomic E-state index is 0.0869. The van der Waals surface area contributed by atoms with E-state index >= 15 is 8.78 Å². The number of nitrogens with zero attached hydrogens (tertiary/aromatic N) is 4. The van der Waals surface area contributed by atoms with Crippen molar-refractivity contribution in [1.82, 2.24) is 15.0 Å². The first-order valence-electron chi connectivity index (χ1n) is 12.2. The summed E-state index contributed by atoms with van der Waals surface area (Å²) in [5.74, 6) is -2.87. The van der Waals surface area contributed by atoms with Gasteiger partial charge in [0, 0.05) is 30.5 Å². The molecule has 1 N–H and O–H groups in total. The quantitative estimate of drug-likeness (QED) is 0.435. The van der Waals surface area contributed by atoms with Crippen molar-refractivity contribution in [2.45, 2.75) is 71.8 Å². The summed E-state index contributed by atoms with van der Waals surface area (Å²) >= 11 is 0. The lowest BCUT2D eigenvalue weighted by molar-refractivity contribution is -0.0513. The fraction of sp³-hybridized carbons (Fsp3) is 0.600. The van der Waals surface area contributed by atoms with Gasteiger partial charge in [0.2, 0.25) is 0 Å². The smallest absolute Gasteiger partial charge is 0.413 e. The van der Waals surface area contributed by atoms with E-state index in [1.807, 2.05) is 0 Å². The Morgan fingerprint density at radius 3 is 2.59 bits per heavy atom. The summed E-state index contributed by atoms with van der Waals surface area (Å²) in [6.45, 7) is 8.65. The van der Waals surface area contributed by atoms with Gasteiger partial charge in [-0.2, -0.15) is 0 Å². The molecular formula is C25H33F2N5O2. The van der Waals surface area contributed by atoms with Gasteiger partial charge in [-0.3, -0.25) is 5.32 Å². The first-order valence-corrected chi connectivity index (χ1v) is 12.2. The zero-order chi connectivity index (χ0) is 24.5. The molecule has 0 radical (unpaired) electrons. The molecule has 0 aromatic carbocycles. The molecule has 2 aliphatic rings. The number of aromatic nitrogens is 3. The number of unbranched alkanes of at least 4 members (excludes halogenated alkanes) is 1. The summed E-state index contributed by atoms with van der Waals surface area (Å²) in [6, 6.07) is 2.94. The van der Waals surface area contributed by atoms with E-state index in [1.165, 1.54) is 32.3 Å². The van der Waals surface area contributed by atoms with Crippen LogP contribution in [0.5, 0.6) is 0 Å². The zero-order valence-corrected chi connectivity index (χ0v) is 20.3. The summed E-state index contributed by atoms with van der Waals surface area (Å²) in [5, 5.41) is 2.63. The highest BCUT2D eigenvalue weighted by Crippen LogP contribution is 2.49. The monoisotopic (exact) mass is 473 g/mol. The highest BCUT2D eigenvalue weighted by atomic mass is 19.3. The standard InChI is InChI=1S/C25H33F2N5O2/c1-5-7-11-32(10-6-2)19-13-17(25(26,27)15(3)4)12-18(30-19)21-20-22(16-8-9-16)34-24(33)31-23(20)29-14-28-21/h12-16,22H,5-11H2,1-4H3,(H,28,29,31,33). The summed E-state index contributed by atoms with van der Waals surface area (Å²) in [4.78, 5) is 27.7. The Balaban J connectivity index is 1.88. The van der Waals surface area contributed by atoms with Crippen molar-refractivity contribution < 1.29 is 18.3 Å². The second-order valence-corrected chi connectivity index (χ2v) is 9.49. The number of nitrogens with one attached hydrogen (secondary N) is 1. The second kappa shape index (κ2) is 9.80. The van der Waals surface area contributed by atoms with Crippen LogP contribution in [0.2, 0.25) is 0 Å². The Bertz CT molecular complexity index is 1040. The van der Waals surface area contributed by atoms with Crippen LogP contribution < -0.4 is 10.2 Å². The maximum Gasteiger partial charge on any atom is 0.413 e. The maximum atomic E-state index is 15.3. The number of ether oxygens (including phenoxy) is 1. The number of carbonyl (C=O) groups excluding carboxylic acids is 1. The molecule has 4 rings (SSSR count). The largest absolute Gasteiger partial charge is 0.441 e. The SMILES string of the molecule is CCCCN(CCC)c1cc(C(F)(F)C(C)C)cc(-c2ncnc3c2C(C2CC2)OC(=O)N3)n1. The fourth-order valence-corrected chi connectivity index (χ4v) is 4.28. The van der Waals surface area contributed by atoms with Crippen molar-refractivity contribution in [3.63, 3.8) is 0 Å². The first kappa shape index (κ1) is 24.3. The van der Waals surface area contributed by atoms with E-state index < -0.39 is 24.0 Å². The summed E-state index contributed by atoms with van der Waals surface area (Å²) in [5.41, 5.74) is 1.30. The third kappa shape index (κ3) is 4.83. The molecule has 7 nitrogen and oxygen atoms in total. The molecule has 2 aromatic heterocycles. The van der Waals surface area contributed by atoms with E-state index in [-0.39, 0.29) is 11.5 Å². The molecular weight excluding hydrogens is 440 g/mol. The molecule has 1 aliphatic carbocycles. The van der Waals surface area contributed by atoms with Gasteiger partial charge >= 0.3 is 6.09 Å². The highest BCUT2D eigenvalue weighted by molar-refractivity contribution is 5.88. The van der Waals surface area contributed by atoms with Gasteiger partial charge in [-0.05, 0) is 37.8 Å². The molecule has 9 heteroatoms. The number of cyclic esters (lactones) is 1. The van der Waals surface area contributed by atoms with E-state index in [9.17, 15) is 4.79 Å². The molecule has 1 atom stereocenters. The van der Waals surface area contributed by atoms with E-state index in [0.29, 0.717) is 28.6 Å². The first-order chi connectivity index (χ1) is 16.3. The van der Waals surface area contributed by atoms with E-state index in [4.69, 9.17) is 9.72 Å². The van der Waals surface area contributed by atoms with E-state index in [0.717, 1.165) is 45.2 Å². The normalized spacial score (nSPS) is 17.9. The van der Waals surface area contributed by atoms with Crippen molar-refractivity contribution >= 4 is 17.7 Å². The number of pyridine rings is 1. The lowest BCUT2D eigenvalue weighted by Gasteiger charge is -2.29. The molecule has 1 unspecified atom stereocenters. The molecule has 1 amide bonds. The molecule has 2 aromatic rings. The topological polar surface area (TPSA) is 80.2 Å². The van der Waals surface area contributed by atoms with Crippen LogP contribution in [0.4, 0.5) is 25.2 Å². The molecule has 1 aliphatic heterocycles. The molecule has 1 saturated carbocycles. The highest BCUT2D eigenvalue weighted by Gasteiger charge is 2.43. The van der Waals surface area contributed by atoms with Crippen LogP contribution in [0.25, 0.3) is 11.4 Å². The molecule has 0 spiro atoms. The van der Waals surface area contributed by atoms with Crippen molar-refractivity contribution in [3.8, 4) is 11.4 Å². The van der Waals surface area contributed by atoms with Gasteiger partial charge in [0.1, 0.15) is 29.8 Å². The molecule has 3 heterocycles. The predicted octanol–water partition coefficient (Wildman–Crippen LogP) is 6.32. The number of carbonyl (C=O) groups is 1. The van der Waals surface area contributed by atoms with Crippen LogP contribution in [0, 0.1) is 11.8 Å². The van der Waals surface area contributed by atoms with Gasteiger partial charge in [-0.15, -0.1) is 0 Å². The molecule has 0 saturated heterocycles. The van der Waals surface area contributed by atoms with Crippen molar-refractivity contribution in [1.29, 1.82) is 0 Å².